The molecule has 138 valence electrons. The molecule has 0 aliphatic rings. The summed E-state index contributed by atoms with van der Waals surface area (Å²) in [4.78, 5) is 11.1. The van der Waals surface area contributed by atoms with Crippen molar-refractivity contribution in [3.63, 3.8) is 0 Å². The summed E-state index contributed by atoms with van der Waals surface area (Å²) < 4.78 is 63.7. The van der Waals surface area contributed by atoms with Gasteiger partial charge in [0.05, 0.1) is 17.0 Å². The highest BCUT2D eigenvalue weighted by atomic mass is 35.5. The number of alkyl halides is 3. The van der Waals surface area contributed by atoms with Crippen LogP contribution in [0.25, 0.3) is 0 Å². The summed E-state index contributed by atoms with van der Waals surface area (Å²) in [5, 5.41) is 2.49. The Hall–Kier alpha value is -1.36. The Morgan fingerprint density at radius 1 is 1.25 bits per heavy atom. The summed E-state index contributed by atoms with van der Waals surface area (Å²) in [7, 11) is -4.24. The second-order valence-corrected chi connectivity index (χ2v) is 7.25. The van der Waals surface area contributed by atoms with Crippen molar-refractivity contribution in [3.8, 4) is 0 Å². The number of nitrogens with two attached hydrogens (primary N) is 1. The molecule has 1 rings (SSSR count). The molecule has 0 atom stereocenters. The van der Waals surface area contributed by atoms with E-state index in [0.717, 1.165) is 18.2 Å². The standard InChI is InChI=1S/C13H18F3N3O3S.ClH/c1-12(2,8-17)19-11(20)7-18-23(21,22)10-5-3-4-9(6-10)13(14,15)16;/h3-6,18H,7-8,17H2,1-2H3,(H,19,20);1H. The van der Waals surface area contributed by atoms with Gasteiger partial charge < -0.3 is 11.1 Å². The molecule has 6 nitrogen and oxygen atoms in total. The lowest BCUT2D eigenvalue weighted by molar-refractivity contribution is -0.137. The van der Waals surface area contributed by atoms with Gasteiger partial charge in [-0.1, -0.05) is 6.07 Å². The van der Waals surface area contributed by atoms with Gasteiger partial charge in [-0.15, -0.1) is 12.4 Å². The smallest absolute Gasteiger partial charge is 0.349 e. The van der Waals surface area contributed by atoms with Gasteiger partial charge in [-0.3, -0.25) is 4.79 Å². The first-order chi connectivity index (χ1) is 10.4. The van der Waals surface area contributed by atoms with Crippen LogP contribution in [0, 0.1) is 0 Å². The molecule has 0 heterocycles. The van der Waals surface area contributed by atoms with Crippen LogP contribution in [0.1, 0.15) is 19.4 Å². The quantitative estimate of drug-likeness (QED) is 0.681. The van der Waals surface area contributed by atoms with Gasteiger partial charge in [-0.25, -0.2) is 13.1 Å². The molecule has 4 N–H and O–H groups in total. The molecule has 1 amide bonds. The molecule has 24 heavy (non-hydrogen) atoms. The third-order valence-electron chi connectivity index (χ3n) is 2.88. The van der Waals surface area contributed by atoms with Crippen molar-refractivity contribution in [2.24, 2.45) is 5.73 Å². The molecular formula is C13H19ClF3N3O3S. The van der Waals surface area contributed by atoms with E-state index >= 15 is 0 Å². The molecule has 0 aromatic heterocycles. The van der Waals surface area contributed by atoms with Gasteiger partial charge in [0.25, 0.3) is 0 Å². The van der Waals surface area contributed by atoms with Crippen LogP contribution in [0.15, 0.2) is 29.2 Å². The molecule has 11 heteroatoms. The highest BCUT2D eigenvalue weighted by molar-refractivity contribution is 7.89. The zero-order chi connectivity index (χ0) is 17.9. The lowest BCUT2D eigenvalue weighted by Crippen LogP contribution is -2.51. The van der Waals surface area contributed by atoms with Crippen LogP contribution in [0.5, 0.6) is 0 Å². The number of sulfonamides is 1. The van der Waals surface area contributed by atoms with Crippen LogP contribution in [-0.4, -0.2) is 33.0 Å². The van der Waals surface area contributed by atoms with Crippen molar-refractivity contribution in [3.05, 3.63) is 29.8 Å². The van der Waals surface area contributed by atoms with Crippen LogP contribution in [0.3, 0.4) is 0 Å². The van der Waals surface area contributed by atoms with Crippen LogP contribution < -0.4 is 15.8 Å². The largest absolute Gasteiger partial charge is 0.416 e. The fourth-order valence-electron chi connectivity index (χ4n) is 1.56. The Bertz CT molecular complexity index is 679. The fraction of sp³-hybridized carbons (Fsp3) is 0.462. The van der Waals surface area contributed by atoms with Gasteiger partial charge in [-0.05, 0) is 32.0 Å². The van der Waals surface area contributed by atoms with Crippen LogP contribution in [0.2, 0.25) is 0 Å². The predicted molar refractivity (Wildman–Crippen MR) is 85.2 cm³/mol. The van der Waals surface area contributed by atoms with Crippen LogP contribution in [-0.2, 0) is 21.0 Å². The molecule has 1 aromatic rings. The molecule has 0 bridgehead atoms. The van der Waals surface area contributed by atoms with E-state index in [0.29, 0.717) is 6.07 Å². The maximum absolute atomic E-state index is 12.6. The second-order valence-electron chi connectivity index (χ2n) is 5.49. The molecule has 0 saturated carbocycles. The van der Waals surface area contributed by atoms with Gasteiger partial charge >= 0.3 is 6.18 Å². The SMILES string of the molecule is CC(C)(CN)NC(=O)CNS(=O)(=O)c1cccc(C(F)(F)F)c1.Cl. The van der Waals surface area contributed by atoms with E-state index in [1.54, 1.807) is 13.8 Å². The van der Waals surface area contributed by atoms with Crippen molar-refractivity contribution in [2.75, 3.05) is 13.1 Å². The molecule has 0 fully saturated rings. The first-order valence-corrected chi connectivity index (χ1v) is 8.04. The Morgan fingerprint density at radius 3 is 2.33 bits per heavy atom. The summed E-state index contributed by atoms with van der Waals surface area (Å²) in [6.07, 6.45) is -4.66. The number of benzene rings is 1. The van der Waals surface area contributed by atoms with Crippen LogP contribution >= 0.6 is 12.4 Å². The normalized spacial score (nSPS) is 12.4. The Balaban J connectivity index is 0.00000529. The lowest BCUT2D eigenvalue weighted by Gasteiger charge is -2.24. The minimum Gasteiger partial charge on any atom is -0.349 e. The van der Waals surface area contributed by atoms with E-state index in [1.807, 2.05) is 4.72 Å². The third kappa shape index (κ3) is 6.63. The molecule has 0 aliphatic carbocycles. The number of halogens is 4. The van der Waals surface area contributed by atoms with Crippen molar-refractivity contribution >= 4 is 28.3 Å². The number of nitrogens with one attached hydrogen (secondary N) is 2. The topological polar surface area (TPSA) is 101 Å². The Morgan fingerprint density at radius 2 is 1.83 bits per heavy atom. The number of carbonyl (C=O) groups excluding carboxylic acids is 1. The Labute approximate surface area is 144 Å². The van der Waals surface area contributed by atoms with E-state index < -0.39 is 44.6 Å². The van der Waals surface area contributed by atoms with E-state index in [9.17, 15) is 26.4 Å². The molecule has 0 aliphatic heterocycles. The first-order valence-electron chi connectivity index (χ1n) is 6.55. The number of amides is 1. The average molecular weight is 390 g/mol. The monoisotopic (exact) mass is 389 g/mol. The summed E-state index contributed by atoms with van der Waals surface area (Å²) in [5.74, 6) is -0.643. The van der Waals surface area contributed by atoms with Crippen molar-refractivity contribution in [2.45, 2.75) is 30.5 Å². The summed E-state index contributed by atoms with van der Waals surface area (Å²) in [6.45, 7) is 2.82. The highest BCUT2D eigenvalue weighted by Crippen LogP contribution is 2.30. The maximum atomic E-state index is 12.6. The Kier molecular flexibility index (Phi) is 7.68. The van der Waals surface area contributed by atoms with Crippen LogP contribution in [0.4, 0.5) is 13.2 Å². The zero-order valence-corrected chi connectivity index (χ0v) is 14.6. The molecule has 0 unspecified atom stereocenters. The average Bonchev–Trinajstić information content (AvgIpc) is 2.44. The van der Waals surface area contributed by atoms with Gasteiger partial charge in [-0.2, -0.15) is 13.2 Å². The number of carbonyl (C=O) groups is 1. The lowest BCUT2D eigenvalue weighted by atomic mass is 10.1. The van der Waals surface area contributed by atoms with E-state index in [2.05, 4.69) is 5.32 Å². The number of hydrogen-bond acceptors (Lipinski definition) is 4. The number of hydrogen-bond donors (Lipinski definition) is 3. The number of rotatable bonds is 6. The minimum atomic E-state index is -4.66. The second kappa shape index (κ2) is 8.15. The first kappa shape index (κ1) is 22.6. The van der Waals surface area contributed by atoms with Gasteiger partial charge in [0.1, 0.15) is 0 Å². The molecule has 0 radical (unpaired) electrons. The van der Waals surface area contributed by atoms with E-state index in [4.69, 9.17) is 5.73 Å². The van der Waals surface area contributed by atoms with Crippen molar-refractivity contribution in [1.82, 2.24) is 10.0 Å². The third-order valence-corrected chi connectivity index (χ3v) is 4.28. The predicted octanol–water partition coefficient (Wildman–Crippen LogP) is 1.26. The van der Waals surface area contributed by atoms with E-state index in [1.165, 1.54) is 0 Å². The minimum absolute atomic E-state index is 0. The summed E-state index contributed by atoms with van der Waals surface area (Å²) in [5.41, 5.74) is 3.61. The van der Waals surface area contributed by atoms with Crippen molar-refractivity contribution in [1.29, 1.82) is 0 Å². The van der Waals surface area contributed by atoms with Gasteiger partial charge in [0.2, 0.25) is 15.9 Å². The van der Waals surface area contributed by atoms with Crippen molar-refractivity contribution < 1.29 is 26.4 Å². The molecule has 0 saturated heterocycles. The van der Waals surface area contributed by atoms with E-state index in [-0.39, 0.29) is 19.0 Å². The maximum Gasteiger partial charge on any atom is 0.416 e. The zero-order valence-electron chi connectivity index (χ0n) is 13.0. The molecule has 0 spiro atoms. The molecule has 1 aromatic carbocycles. The fourth-order valence-corrected chi connectivity index (χ4v) is 2.58. The molecular weight excluding hydrogens is 371 g/mol. The highest BCUT2D eigenvalue weighted by Gasteiger charge is 2.31. The summed E-state index contributed by atoms with van der Waals surface area (Å²) in [6, 6.07) is 3.26. The van der Waals surface area contributed by atoms with Gasteiger partial charge in [0.15, 0.2) is 0 Å². The van der Waals surface area contributed by atoms with Gasteiger partial charge in [0, 0.05) is 12.1 Å². The summed E-state index contributed by atoms with van der Waals surface area (Å²) >= 11 is 0.